The third-order valence-corrected chi connectivity index (χ3v) is 2.81. The van der Waals surface area contributed by atoms with Gasteiger partial charge in [-0.25, -0.2) is 0 Å². The molecule has 0 fully saturated rings. The van der Waals surface area contributed by atoms with Crippen molar-refractivity contribution in [3.8, 4) is 11.3 Å². The zero-order valence-electron chi connectivity index (χ0n) is 10.8. The zero-order chi connectivity index (χ0) is 14.5. The van der Waals surface area contributed by atoms with E-state index in [2.05, 4.69) is 9.72 Å². The van der Waals surface area contributed by atoms with Crippen LogP contribution in [-0.2, 0) is 16.0 Å². The Kier molecular flexibility index (Phi) is 4.05. The van der Waals surface area contributed by atoms with Gasteiger partial charge in [-0.3, -0.25) is 19.9 Å². The molecule has 0 saturated carbocycles. The number of esters is 1. The lowest BCUT2D eigenvalue weighted by atomic mass is 10.0. The molecule has 20 heavy (non-hydrogen) atoms. The minimum atomic E-state index is -0.522. The summed E-state index contributed by atoms with van der Waals surface area (Å²) >= 11 is 0. The van der Waals surface area contributed by atoms with Crippen molar-refractivity contribution in [1.82, 2.24) is 4.98 Å². The molecule has 0 spiro atoms. The number of methoxy groups -OCH3 is 1. The molecule has 0 aliphatic carbocycles. The number of carbonyl (C=O) groups excluding carboxylic acids is 1. The van der Waals surface area contributed by atoms with Gasteiger partial charge in [-0.2, -0.15) is 0 Å². The van der Waals surface area contributed by atoms with Crippen LogP contribution in [0.5, 0.6) is 0 Å². The van der Waals surface area contributed by atoms with Gasteiger partial charge in [0.05, 0.1) is 29.7 Å². The Morgan fingerprint density at radius 2 is 2.10 bits per heavy atom. The minimum Gasteiger partial charge on any atom is -0.469 e. The normalized spacial score (nSPS) is 10.1. The van der Waals surface area contributed by atoms with Crippen LogP contribution in [0.3, 0.4) is 0 Å². The van der Waals surface area contributed by atoms with E-state index in [0.717, 1.165) is 0 Å². The summed E-state index contributed by atoms with van der Waals surface area (Å²) in [5.74, 6) is -0.522. The maximum Gasteiger partial charge on any atom is 0.310 e. The molecule has 0 amide bonds. The van der Waals surface area contributed by atoms with E-state index in [9.17, 15) is 14.9 Å². The molecule has 102 valence electrons. The van der Waals surface area contributed by atoms with Crippen LogP contribution in [0, 0.1) is 10.1 Å². The van der Waals surface area contributed by atoms with E-state index in [1.54, 1.807) is 42.6 Å². The Labute approximate surface area is 115 Å². The van der Waals surface area contributed by atoms with Crippen LogP contribution in [0.15, 0.2) is 42.6 Å². The molecule has 1 aromatic carbocycles. The molecule has 0 saturated heterocycles. The number of rotatable bonds is 4. The standard InChI is InChI=1S/C14H12N2O4/c1-20-13(17)9-10-5-4-6-11(14(10)16(18)19)12-7-2-3-8-15-12/h2-8H,9H2,1H3. The highest BCUT2D eigenvalue weighted by atomic mass is 16.6. The van der Waals surface area contributed by atoms with Gasteiger partial charge in [0.15, 0.2) is 0 Å². The number of nitrogens with zero attached hydrogens (tertiary/aromatic N) is 2. The summed E-state index contributed by atoms with van der Waals surface area (Å²) in [7, 11) is 1.25. The quantitative estimate of drug-likeness (QED) is 0.484. The van der Waals surface area contributed by atoms with Crippen molar-refractivity contribution in [2.45, 2.75) is 6.42 Å². The zero-order valence-corrected chi connectivity index (χ0v) is 10.8. The Bertz CT molecular complexity index is 641. The van der Waals surface area contributed by atoms with Gasteiger partial charge in [0.25, 0.3) is 5.69 Å². The lowest BCUT2D eigenvalue weighted by molar-refractivity contribution is -0.384. The fourth-order valence-electron chi connectivity index (χ4n) is 1.91. The monoisotopic (exact) mass is 272 g/mol. The maximum absolute atomic E-state index is 11.3. The summed E-state index contributed by atoms with van der Waals surface area (Å²) in [5, 5.41) is 11.3. The van der Waals surface area contributed by atoms with Crippen molar-refractivity contribution in [3.63, 3.8) is 0 Å². The highest BCUT2D eigenvalue weighted by molar-refractivity contribution is 5.79. The number of carbonyl (C=O) groups is 1. The second kappa shape index (κ2) is 5.92. The topological polar surface area (TPSA) is 82.3 Å². The molecule has 1 heterocycles. The van der Waals surface area contributed by atoms with Crippen molar-refractivity contribution in [3.05, 3.63) is 58.3 Å². The Balaban J connectivity index is 2.56. The van der Waals surface area contributed by atoms with Crippen LogP contribution in [-0.4, -0.2) is 23.0 Å². The van der Waals surface area contributed by atoms with Gasteiger partial charge < -0.3 is 4.74 Å². The molecule has 0 aliphatic heterocycles. The number of ether oxygens (including phenoxy) is 1. The number of pyridine rings is 1. The molecule has 0 N–H and O–H groups in total. The van der Waals surface area contributed by atoms with Crippen molar-refractivity contribution in [2.24, 2.45) is 0 Å². The predicted octanol–water partition coefficient (Wildman–Crippen LogP) is 2.37. The van der Waals surface area contributed by atoms with E-state index < -0.39 is 10.9 Å². The van der Waals surface area contributed by atoms with Crippen molar-refractivity contribution in [1.29, 1.82) is 0 Å². The average molecular weight is 272 g/mol. The first-order chi connectivity index (χ1) is 9.63. The molecular weight excluding hydrogens is 260 g/mol. The van der Waals surface area contributed by atoms with E-state index in [1.165, 1.54) is 7.11 Å². The van der Waals surface area contributed by atoms with E-state index in [-0.39, 0.29) is 12.1 Å². The minimum absolute atomic E-state index is 0.114. The molecule has 0 radical (unpaired) electrons. The van der Waals surface area contributed by atoms with Crippen LogP contribution in [0.2, 0.25) is 0 Å². The SMILES string of the molecule is COC(=O)Cc1cccc(-c2ccccn2)c1[N+](=O)[O-]. The molecule has 2 rings (SSSR count). The summed E-state index contributed by atoms with van der Waals surface area (Å²) < 4.78 is 4.56. The van der Waals surface area contributed by atoms with Crippen LogP contribution in [0.25, 0.3) is 11.3 Å². The molecule has 0 unspecified atom stereocenters. The van der Waals surface area contributed by atoms with Gasteiger partial charge in [0.2, 0.25) is 0 Å². The number of nitro benzene ring substituents is 1. The first-order valence-electron chi connectivity index (χ1n) is 5.88. The van der Waals surface area contributed by atoms with Gasteiger partial charge in [0.1, 0.15) is 0 Å². The molecule has 6 heteroatoms. The second-order valence-electron chi connectivity index (χ2n) is 4.04. The van der Waals surface area contributed by atoms with Gasteiger partial charge in [-0.1, -0.05) is 18.2 Å². The van der Waals surface area contributed by atoms with Gasteiger partial charge in [-0.05, 0) is 18.2 Å². The first-order valence-corrected chi connectivity index (χ1v) is 5.88. The molecular formula is C14H12N2O4. The van der Waals surface area contributed by atoms with E-state index in [1.807, 2.05) is 0 Å². The Morgan fingerprint density at radius 1 is 1.30 bits per heavy atom. The van der Waals surface area contributed by atoms with Gasteiger partial charge >= 0.3 is 5.97 Å². The molecule has 6 nitrogen and oxygen atoms in total. The van der Waals surface area contributed by atoms with Crippen LogP contribution in [0.1, 0.15) is 5.56 Å². The average Bonchev–Trinajstić information content (AvgIpc) is 2.47. The smallest absolute Gasteiger partial charge is 0.310 e. The van der Waals surface area contributed by atoms with Gasteiger partial charge in [-0.15, -0.1) is 0 Å². The Hall–Kier alpha value is -2.76. The summed E-state index contributed by atoms with van der Waals surface area (Å²) in [6.07, 6.45) is 1.42. The van der Waals surface area contributed by atoms with Crippen molar-refractivity contribution in [2.75, 3.05) is 7.11 Å². The van der Waals surface area contributed by atoms with Crippen molar-refractivity contribution < 1.29 is 14.5 Å². The fraction of sp³-hybridized carbons (Fsp3) is 0.143. The summed E-state index contributed by atoms with van der Waals surface area (Å²) in [6, 6.07) is 9.98. The molecule has 0 aliphatic rings. The highest BCUT2D eigenvalue weighted by Crippen LogP contribution is 2.32. The molecule has 0 atom stereocenters. The molecule has 0 bridgehead atoms. The maximum atomic E-state index is 11.3. The number of aromatic nitrogens is 1. The predicted molar refractivity (Wildman–Crippen MR) is 72.0 cm³/mol. The number of nitro groups is 1. The third-order valence-electron chi connectivity index (χ3n) is 2.81. The van der Waals surface area contributed by atoms with Gasteiger partial charge in [0, 0.05) is 11.8 Å². The molecule has 2 aromatic rings. The van der Waals surface area contributed by atoms with Crippen LogP contribution in [0.4, 0.5) is 5.69 Å². The summed E-state index contributed by atoms with van der Waals surface area (Å²) in [6.45, 7) is 0. The van der Waals surface area contributed by atoms with Crippen LogP contribution < -0.4 is 0 Å². The van der Waals surface area contributed by atoms with E-state index in [0.29, 0.717) is 16.8 Å². The van der Waals surface area contributed by atoms with Crippen LogP contribution >= 0.6 is 0 Å². The Morgan fingerprint density at radius 3 is 2.70 bits per heavy atom. The number of hydrogen-bond donors (Lipinski definition) is 0. The third kappa shape index (κ3) is 2.80. The lowest BCUT2D eigenvalue weighted by Gasteiger charge is -2.07. The first kappa shape index (κ1) is 13.7. The number of para-hydroxylation sites is 1. The van der Waals surface area contributed by atoms with Crippen molar-refractivity contribution >= 4 is 11.7 Å². The highest BCUT2D eigenvalue weighted by Gasteiger charge is 2.22. The largest absolute Gasteiger partial charge is 0.469 e. The van der Waals surface area contributed by atoms with E-state index >= 15 is 0 Å². The lowest BCUT2D eigenvalue weighted by Crippen LogP contribution is -2.07. The molecule has 1 aromatic heterocycles. The summed E-state index contributed by atoms with van der Waals surface area (Å²) in [4.78, 5) is 26.3. The number of hydrogen-bond acceptors (Lipinski definition) is 5. The summed E-state index contributed by atoms with van der Waals surface area (Å²) in [5.41, 5.74) is 1.07. The second-order valence-corrected chi connectivity index (χ2v) is 4.04. The fourth-order valence-corrected chi connectivity index (χ4v) is 1.91. The number of benzene rings is 1. The van der Waals surface area contributed by atoms with E-state index in [4.69, 9.17) is 0 Å².